The molecular formula is C20H20BrClF3N5O2. The summed E-state index contributed by atoms with van der Waals surface area (Å²) in [6, 6.07) is 1.76. The Balaban J connectivity index is 1.61. The molecule has 0 saturated carbocycles. The first kappa shape index (κ1) is 22.9. The van der Waals surface area contributed by atoms with Crippen LogP contribution in [0.25, 0.3) is 0 Å². The van der Waals surface area contributed by atoms with E-state index in [0.717, 1.165) is 11.0 Å². The van der Waals surface area contributed by atoms with Crippen LogP contribution in [0.15, 0.2) is 16.6 Å². The molecule has 0 radical (unpaired) electrons. The SMILES string of the molecule is CC1Cc2nn3c(c2CN1C(=O)Nc1cc(Cl)c(F)cc1Br)C(=O)N(CC(F)F)CCC3. The Hall–Kier alpha value is -2.27. The normalized spacial score (nSPS) is 18.5. The molecule has 1 N–H and O–H groups in total. The zero-order chi connectivity index (χ0) is 23.2. The number of halogens is 5. The number of benzene rings is 1. The van der Waals surface area contributed by atoms with Crippen LogP contribution in [0, 0.1) is 5.82 Å². The molecule has 0 spiro atoms. The first-order valence-electron chi connectivity index (χ1n) is 10.0. The molecule has 0 saturated heterocycles. The van der Waals surface area contributed by atoms with Crippen LogP contribution < -0.4 is 5.32 Å². The van der Waals surface area contributed by atoms with E-state index in [-0.39, 0.29) is 29.8 Å². The largest absolute Gasteiger partial charge is 0.332 e. The molecular weight excluding hydrogens is 515 g/mol. The smallest absolute Gasteiger partial charge is 0.322 e. The number of fused-ring (bicyclic) bond motifs is 3. The van der Waals surface area contributed by atoms with Gasteiger partial charge in [-0.1, -0.05) is 11.6 Å². The monoisotopic (exact) mass is 533 g/mol. The van der Waals surface area contributed by atoms with Gasteiger partial charge in [0.25, 0.3) is 12.3 Å². The first-order valence-corrected chi connectivity index (χ1v) is 11.2. The van der Waals surface area contributed by atoms with Crippen molar-refractivity contribution in [1.82, 2.24) is 19.6 Å². The molecule has 2 aromatic rings. The van der Waals surface area contributed by atoms with Gasteiger partial charge in [0.2, 0.25) is 0 Å². The molecule has 172 valence electrons. The van der Waals surface area contributed by atoms with E-state index in [2.05, 4.69) is 26.3 Å². The van der Waals surface area contributed by atoms with E-state index in [4.69, 9.17) is 11.6 Å². The molecule has 7 nitrogen and oxygen atoms in total. The van der Waals surface area contributed by atoms with Gasteiger partial charge < -0.3 is 15.1 Å². The predicted octanol–water partition coefficient (Wildman–Crippen LogP) is 4.53. The van der Waals surface area contributed by atoms with Gasteiger partial charge in [-0.25, -0.2) is 18.0 Å². The Labute approximate surface area is 195 Å². The molecule has 2 aliphatic heterocycles. The number of amides is 3. The molecule has 3 amide bonds. The summed E-state index contributed by atoms with van der Waals surface area (Å²) in [5.41, 5.74) is 1.82. The Morgan fingerprint density at radius 3 is 2.84 bits per heavy atom. The van der Waals surface area contributed by atoms with E-state index in [0.29, 0.717) is 40.8 Å². The molecule has 32 heavy (non-hydrogen) atoms. The van der Waals surface area contributed by atoms with Gasteiger partial charge in [-0.05, 0) is 41.4 Å². The summed E-state index contributed by atoms with van der Waals surface area (Å²) >= 11 is 9.03. The molecule has 1 aromatic carbocycles. The fourth-order valence-electron chi connectivity index (χ4n) is 4.08. The minimum atomic E-state index is -2.63. The van der Waals surface area contributed by atoms with Crippen molar-refractivity contribution in [2.24, 2.45) is 0 Å². The number of nitrogens with one attached hydrogen (secondary N) is 1. The zero-order valence-corrected chi connectivity index (χ0v) is 19.4. The van der Waals surface area contributed by atoms with Crippen molar-refractivity contribution < 1.29 is 22.8 Å². The lowest BCUT2D eigenvalue weighted by Gasteiger charge is -2.33. The molecule has 2 aliphatic rings. The number of carbonyl (C=O) groups excluding carboxylic acids is 2. The summed E-state index contributed by atoms with van der Waals surface area (Å²) in [6.07, 6.45) is -1.70. The van der Waals surface area contributed by atoms with Crippen LogP contribution in [0.5, 0.6) is 0 Å². The molecule has 12 heteroatoms. The zero-order valence-electron chi connectivity index (χ0n) is 17.0. The highest BCUT2D eigenvalue weighted by Crippen LogP contribution is 2.32. The Morgan fingerprint density at radius 1 is 1.38 bits per heavy atom. The summed E-state index contributed by atoms with van der Waals surface area (Å²) in [6.45, 7) is 1.97. The maximum absolute atomic E-state index is 13.6. The van der Waals surface area contributed by atoms with E-state index < -0.39 is 30.7 Å². The second-order valence-corrected chi connectivity index (χ2v) is 9.11. The average Bonchev–Trinajstić information content (AvgIpc) is 2.99. The summed E-state index contributed by atoms with van der Waals surface area (Å²) in [5, 5.41) is 7.11. The third kappa shape index (κ3) is 4.32. The van der Waals surface area contributed by atoms with E-state index in [9.17, 15) is 22.8 Å². The second kappa shape index (κ2) is 8.93. The van der Waals surface area contributed by atoms with Crippen molar-refractivity contribution in [1.29, 1.82) is 0 Å². The number of hydrogen-bond acceptors (Lipinski definition) is 3. The highest BCUT2D eigenvalue weighted by Gasteiger charge is 2.36. The standard InChI is InChI=1S/C20H20BrClF3N5O2/c1-10-5-15-11(18-19(31)28(9-17(24)25)3-2-4-30(18)27-15)8-29(10)20(32)26-16-7-13(22)14(23)6-12(16)21/h6-7,10,17H,2-5,8-9H2,1H3,(H,26,32). The minimum Gasteiger partial charge on any atom is -0.332 e. The van der Waals surface area contributed by atoms with Crippen molar-refractivity contribution in [2.45, 2.75) is 45.3 Å². The average molecular weight is 535 g/mol. The van der Waals surface area contributed by atoms with Crippen LogP contribution in [0.1, 0.15) is 35.1 Å². The molecule has 1 aromatic heterocycles. The molecule has 1 unspecified atom stereocenters. The molecule has 0 bridgehead atoms. The third-order valence-corrected chi connectivity index (χ3v) is 6.59. The summed E-state index contributed by atoms with van der Waals surface area (Å²) in [5.74, 6) is -1.12. The lowest BCUT2D eigenvalue weighted by molar-refractivity contribution is 0.0557. The van der Waals surface area contributed by atoms with E-state index in [1.165, 1.54) is 11.0 Å². The van der Waals surface area contributed by atoms with Crippen molar-refractivity contribution in [3.05, 3.63) is 44.4 Å². The third-order valence-electron chi connectivity index (χ3n) is 5.64. The predicted molar refractivity (Wildman–Crippen MR) is 116 cm³/mol. The van der Waals surface area contributed by atoms with Crippen molar-refractivity contribution in [3.63, 3.8) is 0 Å². The van der Waals surface area contributed by atoms with E-state index in [1.807, 2.05) is 6.92 Å². The number of anilines is 1. The highest BCUT2D eigenvalue weighted by atomic mass is 79.9. The molecule has 4 rings (SSSR count). The van der Waals surface area contributed by atoms with Gasteiger partial charge in [0.05, 0.1) is 29.5 Å². The van der Waals surface area contributed by atoms with Crippen LogP contribution in [0.3, 0.4) is 0 Å². The number of hydrogen-bond donors (Lipinski definition) is 1. The first-order chi connectivity index (χ1) is 15.2. The van der Waals surface area contributed by atoms with Crippen LogP contribution in [-0.2, 0) is 19.5 Å². The number of alkyl halides is 2. The van der Waals surface area contributed by atoms with Gasteiger partial charge in [0.1, 0.15) is 11.5 Å². The lowest BCUT2D eigenvalue weighted by Crippen LogP contribution is -2.45. The van der Waals surface area contributed by atoms with E-state index >= 15 is 0 Å². The van der Waals surface area contributed by atoms with Crippen LogP contribution in [-0.4, -0.2) is 57.1 Å². The quantitative estimate of drug-likeness (QED) is 0.589. The number of carbonyl (C=O) groups is 2. The van der Waals surface area contributed by atoms with Crippen LogP contribution >= 0.6 is 27.5 Å². The number of nitrogens with zero attached hydrogens (tertiary/aromatic N) is 4. The summed E-state index contributed by atoms with van der Waals surface area (Å²) < 4.78 is 41.4. The van der Waals surface area contributed by atoms with Gasteiger partial charge in [-0.15, -0.1) is 0 Å². The number of rotatable bonds is 3. The van der Waals surface area contributed by atoms with Crippen LogP contribution in [0.2, 0.25) is 5.02 Å². The molecule has 1 atom stereocenters. The van der Waals surface area contributed by atoms with Crippen molar-refractivity contribution in [2.75, 3.05) is 18.4 Å². The number of aryl methyl sites for hydroxylation is 1. The van der Waals surface area contributed by atoms with Crippen molar-refractivity contribution in [3.8, 4) is 0 Å². The van der Waals surface area contributed by atoms with Gasteiger partial charge in [-0.3, -0.25) is 9.48 Å². The summed E-state index contributed by atoms with van der Waals surface area (Å²) in [4.78, 5) is 28.7. The lowest BCUT2D eigenvalue weighted by atomic mass is 9.99. The fourth-order valence-corrected chi connectivity index (χ4v) is 4.66. The number of aromatic nitrogens is 2. The Bertz CT molecular complexity index is 1080. The molecule has 0 fully saturated rings. The van der Waals surface area contributed by atoms with Crippen molar-refractivity contribution >= 4 is 45.2 Å². The summed E-state index contributed by atoms with van der Waals surface area (Å²) in [7, 11) is 0. The highest BCUT2D eigenvalue weighted by molar-refractivity contribution is 9.10. The van der Waals surface area contributed by atoms with Gasteiger partial charge in [-0.2, -0.15) is 5.10 Å². The minimum absolute atomic E-state index is 0.0957. The fraction of sp³-hybridized carbons (Fsp3) is 0.450. The number of urea groups is 1. The Morgan fingerprint density at radius 2 is 2.12 bits per heavy atom. The topological polar surface area (TPSA) is 70.5 Å². The van der Waals surface area contributed by atoms with Gasteiger partial charge in [0.15, 0.2) is 0 Å². The second-order valence-electron chi connectivity index (χ2n) is 7.85. The van der Waals surface area contributed by atoms with E-state index in [1.54, 1.807) is 4.68 Å². The molecule has 0 aliphatic carbocycles. The maximum Gasteiger partial charge on any atom is 0.322 e. The van der Waals surface area contributed by atoms with Gasteiger partial charge in [0, 0.05) is 35.6 Å². The maximum atomic E-state index is 13.6. The van der Waals surface area contributed by atoms with Crippen LogP contribution in [0.4, 0.5) is 23.7 Å². The van der Waals surface area contributed by atoms with Gasteiger partial charge >= 0.3 is 6.03 Å². The Kier molecular flexibility index (Phi) is 6.39. The molecule has 3 heterocycles.